The Labute approximate surface area is 106 Å². The largest absolute Gasteiger partial charge is 0.363 e. The summed E-state index contributed by atoms with van der Waals surface area (Å²) in [5.41, 5.74) is 1.60. The van der Waals surface area contributed by atoms with Crippen LogP contribution in [0.4, 0.5) is 0 Å². The molecule has 96 valence electrons. The van der Waals surface area contributed by atoms with Crippen LogP contribution in [-0.2, 0) is 4.74 Å². The Balaban J connectivity index is 2.04. The Morgan fingerprint density at radius 1 is 1.41 bits per heavy atom. The van der Waals surface area contributed by atoms with Crippen LogP contribution in [-0.4, -0.2) is 11.7 Å². The summed E-state index contributed by atoms with van der Waals surface area (Å²) in [5.74, 6) is 0. The van der Waals surface area contributed by atoms with Gasteiger partial charge in [-0.3, -0.25) is 0 Å². The van der Waals surface area contributed by atoms with Gasteiger partial charge < -0.3 is 4.74 Å². The summed E-state index contributed by atoms with van der Waals surface area (Å²) >= 11 is 0. The molecule has 1 spiro atoms. The van der Waals surface area contributed by atoms with Crippen LogP contribution >= 0.6 is 0 Å². The molecule has 0 bridgehead atoms. The van der Waals surface area contributed by atoms with Gasteiger partial charge in [0.25, 0.3) is 0 Å². The third kappa shape index (κ3) is 3.01. The van der Waals surface area contributed by atoms with Crippen LogP contribution in [0.25, 0.3) is 0 Å². The molecule has 0 saturated heterocycles. The minimum absolute atomic E-state index is 0.106. The Kier molecular flexibility index (Phi) is 4.44. The molecule has 0 radical (unpaired) electrons. The molecule has 1 fully saturated rings. The van der Waals surface area contributed by atoms with Crippen molar-refractivity contribution in [3.05, 3.63) is 24.3 Å². The van der Waals surface area contributed by atoms with Gasteiger partial charge in [-0.2, -0.15) is 0 Å². The first-order valence-corrected chi connectivity index (χ1v) is 7.30. The molecule has 0 aromatic carbocycles. The number of allylic oxidation sites excluding steroid dienone is 1. The summed E-state index contributed by atoms with van der Waals surface area (Å²) < 4.78 is 6.42. The molecule has 0 aromatic rings. The fraction of sp³-hybridized carbons (Fsp3) is 0.750. The maximum Gasteiger partial charge on any atom is 0.0874 e. The smallest absolute Gasteiger partial charge is 0.0874 e. The zero-order valence-corrected chi connectivity index (χ0v) is 11.2. The lowest BCUT2D eigenvalue weighted by atomic mass is 9.84. The van der Waals surface area contributed by atoms with Gasteiger partial charge in [0.05, 0.1) is 11.7 Å². The van der Waals surface area contributed by atoms with Crippen LogP contribution in [0, 0.1) is 0 Å². The van der Waals surface area contributed by atoms with Crippen molar-refractivity contribution in [2.45, 2.75) is 76.4 Å². The Bertz CT molecular complexity index is 284. The Morgan fingerprint density at radius 3 is 2.82 bits per heavy atom. The van der Waals surface area contributed by atoms with Gasteiger partial charge >= 0.3 is 0 Å². The SMILES string of the molecule is C=CCC1=CC2(CCCCC2)OC1CCCC. The summed E-state index contributed by atoms with van der Waals surface area (Å²) in [4.78, 5) is 0. The van der Waals surface area contributed by atoms with Gasteiger partial charge in [0.1, 0.15) is 0 Å². The van der Waals surface area contributed by atoms with E-state index in [2.05, 4.69) is 19.6 Å². The van der Waals surface area contributed by atoms with Gasteiger partial charge in [-0.05, 0) is 31.3 Å². The molecule has 1 heteroatoms. The molecule has 1 atom stereocenters. The fourth-order valence-corrected chi connectivity index (χ4v) is 3.23. The second-order valence-electron chi connectivity index (χ2n) is 5.59. The van der Waals surface area contributed by atoms with Crippen molar-refractivity contribution < 1.29 is 4.74 Å². The summed E-state index contributed by atoms with van der Waals surface area (Å²) in [7, 11) is 0. The number of hydrogen-bond donors (Lipinski definition) is 0. The first-order valence-electron chi connectivity index (χ1n) is 7.30. The molecule has 1 aliphatic heterocycles. The van der Waals surface area contributed by atoms with Crippen LogP contribution in [0.5, 0.6) is 0 Å². The van der Waals surface area contributed by atoms with Crippen molar-refractivity contribution in [3.63, 3.8) is 0 Å². The summed E-state index contributed by atoms with van der Waals surface area (Å²) in [6.07, 6.45) is 16.1. The first kappa shape index (κ1) is 12.9. The van der Waals surface area contributed by atoms with Crippen LogP contribution in [0.15, 0.2) is 24.3 Å². The Morgan fingerprint density at radius 2 is 2.18 bits per heavy atom. The molecular weight excluding hydrogens is 208 g/mol. The maximum atomic E-state index is 6.42. The predicted molar refractivity (Wildman–Crippen MR) is 73.1 cm³/mol. The third-order valence-electron chi connectivity index (χ3n) is 4.14. The quantitative estimate of drug-likeness (QED) is 0.622. The van der Waals surface area contributed by atoms with Crippen LogP contribution < -0.4 is 0 Å². The van der Waals surface area contributed by atoms with E-state index < -0.39 is 0 Å². The minimum Gasteiger partial charge on any atom is -0.363 e. The summed E-state index contributed by atoms with van der Waals surface area (Å²) in [6.45, 7) is 6.13. The molecule has 0 amide bonds. The van der Waals surface area contributed by atoms with Gasteiger partial charge in [-0.25, -0.2) is 0 Å². The third-order valence-corrected chi connectivity index (χ3v) is 4.14. The highest BCUT2D eigenvalue weighted by Crippen LogP contribution is 2.42. The molecular formula is C16H26O. The lowest BCUT2D eigenvalue weighted by molar-refractivity contribution is -0.0514. The van der Waals surface area contributed by atoms with Gasteiger partial charge in [0.2, 0.25) is 0 Å². The monoisotopic (exact) mass is 234 g/mol. The molecule has 1 aliphatic carbocycles. The molecule has 1 nitrogen and oxygen atoms in total. The highest BCUT2D eigenvalue weighted by atomic mass is 16.5. The standard InChI is InChI=1S/C16H26O/c1-3-5-10-15-14(9-4-2)13-16(17-15)11-7-6-8-12-16/h4,13,15H,2-3,5-12H2,1H3. The normalized spacial score (nSPS) is 27.1. The van der Waals surface area contributed by atoms with E-state index in [9.17, 15) is 0 Å². The molecule has 1 saturated carbocycles. The predicted octanol–water partition coefficient (Wildman–Crippen LogP) is 4.78. The molecule has 0 aromatic heterocycles. The van der Waals surface area contributed by atoms with Crippen molar-refractivity contribution in [1.29, 1.82) is 0 Å². The molecule has 17 heavy (non-hydrogen) atoms. The summed E-state index contributed by atoms with van der Waals surface area (Å²) in [6, 6.07) is 0. The van der Waals surface area contributed by atoms with E-state index in [1.165, 1.54) is 56.9 Å². The highest BCUT2D eigenvalue weighted by Gasteiger charge is 2.39. The van der Waals surface area contributed by atoms with Crippen molar-refractivity contribution in [2.75, 3.05) is 0 Å². The number of unbranched alkanes of at least 4 members (excludes halogenated alkanes) is 1. The van der Waals surface area contributed by atoms with Crippen molar-refractivity contribution in [1.82, 2.24) is 0 Å². The second kappa shape index (κ2) is 5.86. The fourth-order valence-electron chi connectivity index (χ4n) is 3.23. The van der Waals surface area contributed by atoms with Gasteiger partial charge in [0, 0.05) is 0 Å². The Hall–Kier alpha value is -0.560. The van der Waals surface area contributed by atoms with Gasteiger partial charge in [-0.1, -0.05) is 51.2 Å². The van der Waals surface area contributed by atoms with E-state index in [1.807, 2.05) is 6.08 Å². The highest BCUT2D eigenvalue weighted by molar-refractivity contribution is 5.24. The van der Waals surface area contributed by atoms with E-state index >= 15 is 0 Å². The van der Waals surface area contributed by atoms with E-state index in [0.717, 1.165) is 6.42 Å². The van der Waals surface area contributed by atoms with Crippen molar-refractivity contribution in [3.8, 4) is 0 Å². The van der Waals surface area contributed by atoms with Gasteiger partial charge in [-0.15, -0.1) is 6.58 Å². The van der Waals surface area contributed by atoms with E-state index in [0.29, 0.717) is 6.10 Å². The van der Waals surface area contributed by atoms with Gasteiger partial charge in [0.15, 0.2) is 0 Å². The molecule has 2 aliphatic rings. The molecule has 0 N–H and O–H groups in total. The van der Waals surface area contributed by atoms with E-state index in [-0.39, 0.29) is 5.60 Å². The number of rotatable bonds is 5. The molecule has 1 unspecified atom stereocenters. The van der Waals surface area contributed by atoms with Crippen LogP contribution in [0.2, 0.25) is 0 Å². The zero-order chi connectivity index (χ0) is 12.1. The van der Waals surface area contributed by atoms with Crippen molar-refractivity contribution >= 4 is 0 Å². The average Bonchev–Trinajstić information content (AvgIpc) is 2.66. The average molecular weight is 234 g/mol. The first-order chi connectivity index (χ1) is 8.29. The topological polar surface area (TPSA) is 9.23 Å². The van der Waals surface area contributed by atoms with E-state index in [4.69, 9.17) is 4.74 Å². The van der Waals surface area contributed by atoms with Crippen LogP contribution in [0.1, 0.15) is 64.7 Å². The minimum atomic E-state index is 0.106. The molecule has 1 heterocycles. The number of ether oxygens (including phenoxy) is 1. The second-order valence-corrected chi connectivity index (χ2v) is 5.59. The molecule has 2 rings (SSSR count). The maximum absolute atomic E-state index is 6.42. The van der Waals surface area contributed by atoms with Crippen molar-refractivity contribution in [2.24, 2.45) is 0 Å². The van der Waals surface area contributed by atoms with Crippen LogP contribution in [0.3, 0.4) is 0 Å². The van der Waals surface area contributed by atoms with E-state index in [1.54, 1.807) is 0 Å². The lowest BCUT2D eigenvalue weighted by Crippen LogP contribution is -2.31. The number of hydrogen-bond acceptors (Lipinski definition) is 1. The zero-order valence-electron chi connectivity index (χ0n) is 11.2. The summed E-state index contributed by atoms with van der Waals surface area (Å²) in [5, 5.41) is 0. The lowest BCUT2D eigenvalue weighted by Gasteiger charge is -2.32.